The van der Waals surface area contributed by atoms with Crippen LogP contribution >= 0.6 is 11.3 Å². The van der Waals surface area contributed by atoms with Crippen LogP contribution in [-0.2, 0) is 21.5 Å². The van der Waals surface area contributed by atoms with E-state index < -0.39 is 28.0 Å². The smallest absolute Gasteiger partial charge is 0.408 e. The second-order valence-electron chi connectivity index (χ2n) is 6.85. The summed E-state index contributed by atoms with van der Waals surface area (Å²) in [4.78, 5) is 16.6. The minimum atomic E-state index is -4.09. The highest BCUT2D eigenvalue weighted by atomic mass is 32.2. The number of amides is 1. The maximum Gasteiger partial charge on any atom is 0.408 e. The molecule has 0 aliphatic heterocycles. The molecule has 28 heavy (non-hydrogen) atoms. The van der Waals surface area contributed by atoms with Crippen molar-refractivity contribution >= 4 is 27.7 Å². The van der Waals surface area contributed by atoms with Gasteiger partial charge in [0.25, 0.3) is 0 Å². The zero-order valence-corrected chi connectivity index (χ0v) is 17.6. The lowest BCUT2D eigenvalue weighted by Crippen LogP contribution is -2.35. The third-order valence-corrected chi connectivity index (χ3v) is 4.64. The molecule has 0 aliphatic carbocycles. The van der Waals surface area contributed by atoms with Gasteiger partial charge in [0.15, 0.2) is 0 Å². The number of hydrogen-bond acceptors (Lipinski definition) is 8. The van der Waals surface area contributed by atoms with E-state index in [1.807, 2.05) is 0 Å². The van der Waals surface area contributed by atoms with E-state index in [0.29, 0.717) is 17.3 Å². The van der Waals surface area contributed by atoms with Crippen LogP contribution in [0.3, 0.4) is 0 Å². The summed E-state index contributed by atoms with van der Waals surface area (Å²) in [5, 5.41) is 10.0. The van der Waals surface area contributed by atoms with Gasteiger partial charge < -0.3 is 19.0 Å². The van der Waals surface area contributed by atoms with Crippen molar-refractivity contribution in [3.05, 3.63) is 40.2 Å². The molecule has 1 atom stereocenters. The first-order valence-electron chi connectivity index (χ1n) is 8.25. The van der Waals surface area contributed by atoms with Crippen LogP contribution in [-0.4, -0.2) is 32.2 Å². The van der Waals surface area contributed by atoms with Crippen LogP contribution in [0.25, 0.3) is 0 Å². The molecule has 3 N–H and O–H groups in total. The molecular weight excluding hydrogens is 406 g/mol. The summed E-state index contributed by atoms with van der Waals surface area (Å²) < 4.78 is 37.0. The van der Waals surface area contributed by atoms with Crippen LogP contribution in [0.15, 0.2) is 29.6 Å². The minimum absolute atomic E-state index is 0.0961. The SMILES string of the molecule is COc1csc(C(Cc2ccc(OS(N)(=O)=O)cc2)NC(=O)OC(C)(C)C)n1. The van der Waals surface area contributed by atoms with Crippen LogP contribution < -0.4 is 19.4 Å². The Labute approximate surface area is 168 Å². The van der Waals surface area contributed by atoms with Gasteiger partial charge in [-0.3, -0.25) is 0 Å². The molecule has 1 amide bonds. The van der Waals surface area contributed by atoms with E-state index in [9.17, 15) is 13.2 Å². The van der Waals surface area contributed by atoms with E-state index in [2.05, 4.69) is 14.5 Å². The fraction of sp³-hybridized carbons (Fsp3) is 0.412. The second kappa shape index (κ2) is 8.76. The molecule has 0 saturated heterocycles. The van der Waals surface area contributed by atoms with Gasteiger partial charge in [-0.25, -0.2) is 9.78 Å². The van der Waals surface area contributed by atoms with Crippen molar-refractivity contribution < 1.29 is 26.9 Å². The molecule has 154 valence electrons. The predicted molar refractivity (Wildman–Crippen MR) is 105 cm³/mol. The fourth-order valence-electron chi connectivity index (χ4n) is 2.23. The van der Waals surface area contributed by atoms with Crippen molar-refractivity contribution in [1.82, 2.24) is 10.3 Å². The number of nitrogens with one attached hydrogen (secondary N) is 1. The quantitative estimate of drug-likeness (QED) is 0.692. The van der Waals surface area contributed by atoms with Gasteiger partial charge in [-0.1, -0.05) is 12.1 Å². The summed E-state index contributed by atoms with van der Waals surface area (Å²) in [6.07, 6.45) is -0.174. The molecule has 0 aliphatic rings. The predicted octanol–water partition coefficient (Wildman–Crippen LogP) is 2.54. The van der Waals surface area contributed by atoms with Crippen molar-refractivity contribution in [1.29, 1.82) is 0 Å². The number of benzene rings is 1. The zero-order chi connectivity index (χ0) is 20.9. The van der Waals surface area contributed by atoms with Crippen LogP contribution in [0.1, 0.15) is 37.4 Å². The van der Waals surface area contributed by atoms with Crippen molar-refractivity contribution in [2.75, 3.05) is 7.11 Å². The topological polar surface area (TPSA) is 130 Å². The van der Waals surface area contributed by atoms with Crippen LogP contribution in [0, 0.1) is 0 Å². The number of carbonyl (C=O) groups is 1. The number of ether oxygens (including phenoxy) is 2. The third kappa shape index (κ3) is 7.33. The lowest BCUT2D eigenvalue weighted by atomic mass is 10.1. The Bertz CT molecular complexity index is 904. The molecule has 0 radical (unpaired) electrons. The molecule has 11 heteroatoms. The molecule has 2 aromatic rings. The Morgan fingerprint density at radius 3 is 2.43 bits per heavy atom. The molecule has 1 aromatic heterocycles. The van der Waals surface area contributed by atoms with E-state index in [1.165, 1.54) is 30.6 Å². The molecule has 9 nitrogen and oxygen atoms in total. The number of alkyl carbamates (subject to hydrolysis) is 1. The van der Waals surface area contributed by atoms with Gasteiger partial charge in [-0.2, -0.15) is 13.6 Å². The maximum atomic E-state index is 12.2. The molecule has 0 saturated carbocycles. The molecule has 0 spiro atoms. The van der Waals surface area contributed by atoms with Crippen LogP contribution in [0.5, 0.6) is 11.6 Å². The van der Waals surface area contributed by atoms with Crippen molar-refractivity contribution in [2.45, 2.75) is 38.8 Å². The monoisotopic (exact) mass is 429 g/mol. The highest BCUT2D eigenvalue weighted by molar-refractivity contribution is 7.84. The first-order valence-corrected chi connectivity index (χ1v) is 10.6. The molecule has 0 bridgehead atoms. The maximum absolute atomic E-state index is 12.2. The van der Waals surface area contributed by atoms with Crippen molar-refractivity contribution in [3.63, 3.8) is 0 Å². The summed E-state index contributed by atoms with van der Waals surface area (Å²) in [7, 11) is -2.57. The molecule has 1 unspecified atom stereocenters. The summed E-state index contributed by atoms with van der Waals surface area (Å²) in [5.41, 5.74) is 0.180. The number of thiazole rings is 1. The molecule has 1 heterocycles. The average Bonchev–Trinajstić information content (AvgIpc) is 3.02. The Hall–Kier alpha value is -2.37. The Morgan fingerprint density at radius 1 is 1.29 bits per heavy atom. The molecule has 0 fully saturated rings. The Kier molecular flexibility index (Phi) is 6.86. The van der Waals surface area contributed by atoms with Gasteiger partial charge in [-0.15, -0.1) is 11.3 Å². The Morgan fingerprint density at radius 2 is 1.93 bits per heavy atom. The number of aromatic nitrogens is 1. The Balaban J connectivity index is 2.18. The number of carbonyl (C=O) groups excluding carboxylic acids is 1. The van der Waals surface area contributed by atoms with E-state index in [0.717, 1.165) is 5.56 Å². The van der Waals surface area contributed by atoms with Gasteiger partial charge in [-0.05, 0) is 44.9 Å². The molecular formula is C17H23N3O6S2. The van der Waals surface area contributed by atoms with E-state index in [-0.39, 0.29) is 5.75 Å². The zero-order valence-electron chi connectivity index (χ0n) is 16.0. The second-order valence-corrected chi connectivity index (χ2v) is 8.89. The molecule has 2 rings (SSSR count). The summed E-state index contributed by atoms with van der Waals surface area (Å²) in [6.45, 7) is 5.33. The highest BCUT2D eigenvalue weighted by Gasteiger charge is 2.23. The van der Waals surface area contributed by atoms with Crippen molar-refractivity contribution in [2.24, 2.45) is 5.14 Å². The lowest BCUT2D eigenvalue weighted by molar-refractivity contribution is 0.0503. The van der Waals surface area contributed by atoms with Crippen LogP contribution in [0.2, 0.25) is 0 Å². The average molecular weight is 430 g/mol. The number of nitrogens with two attached hydrogens (primary N) is 1. The first kappa shape index (κ1) is 21.9. The summed E-state index contributed by atoms with van der Waals surface area (Å²) in [5.74, 6) is 0.548. The summed E-state index contributed by atoms with van der Waals surface area (Å²) >= 11 is 1.35. The van der Waals surface area contributed by atoms with E-state index in [4.69, 9.17) is 14.6 Å². The standard InChI is InChI=1S/C17H23N3O6S2/c1-17(2,3)25-16(21)19-13(15-20-14(24-4)10-27-15)9-11-5-7-12(8-6-11)26-28(18,22)23/h5-8,10,13H,9H2,1-4H3,(H,19,21)(H2,18,22,23). The first-order chi connectivity index (χ1) is 12.9. The normalized spacial score (nSPS) is 12.9. The van der Waals surface area contributed by atoms with Crippen molar-refractivity contribution in [3.8, 4) is 11.6 Å². The van der Waals surface area contributed by atoms with Gasteiger partial charge in [0.2, 0.25) is 5.88 Å². The highest BCUT2D eigenvalue weighted by Crippen LogP contribution is 2.26. The number of nitrogens with zero attached hydrogens (tertiary/aromatic N) is 1. The fourth-order valence-corrected chi connectivity index (χ4v) is 3.43. The third-order valence-electron chi connectivity index (χ3n) is 3.27. The van der Waals surface area contributed by atoms with Gasteiger partial charge in [0, 0.05) is 0 Å². The number of rotatable bonds is 7. The van der Waals surface area contributed by atoms with Gasteiger partial charge in [0.1, 0.15) is 16.4 Å². The van der Waals surface area contributed by atoms with Crippen LogP contribution in [0.4, 0.5) is 4.79 Å². The molecule has 1 aromatic carbocycles. The van der Waals surface area contributed by atoms with E-state index in [1.54, 1.807) is 38.3 Å². The number of methoxy groups -OCH3 is 1. The van der Waals surface area contributed by atoms with Gasteiger partial charge in [0.05, 0.1) is 18.5 Å². The van der Waals surface area contributed by atoms with Gasteiger partial charge >= 0.3 is 16.4 Å². The lowest BCUT2D eigenvalue weighted by Gasteiger charge is -2.23. The summed E-state index contributed by atoms with van der Waals surface area (Å²) in [6, 6.07) is 5.85. The number of hydrogen-bond donors (Lipinski definition) is 2. The largest absolute Gasteiger partial charge is 0.480 e. The minimum Gasteiger partial charge on any atom is -0.480 e. The van der Waals surface area contributed by atoms with E-state index >= 15 is 0 Å².